The largest absolute Gasteiger partial charge is 0.379 e. The minimum atomic E-state index is -0.0426. The summed E-state index contributed by atoms with van der Waals surface area (Å²) < 4.78 is 5.40. The maximum absolute atomic E-state index is 12.0. The zero-order valence-electron chi connectivity index (χ0n) is 13.8. The first-order valence-electron chi connectivity index (χ1n) is 8.13. The van der Waals surface area contributed by atoms with Crippen molar-refractivity contribution in [2.45, 2.75) is 26.8 Å². The minimum Gasteiger partial charge on any atom is -0.379 e. The summed E-state index contributed by atoms with van der Waals surface area (Å²) in [4.78, 5) is 16.2. The number of ether oxygens (including phenoxy) is 1. The number of urea groups is 1. The highest BCUT2D eigenvalue weighted by molar-refractivity contribution is 5.89. The van der Waals surface area contributed by atoms with Crippen molar-refractivity contribution in [2.75, 3.05) is 44.7 Å². The third-order valence-corrected chi connectivity index (χ3v) is 4.29. The molecular formula is C17H27N3O2. The van der Waals surface area contributed by atoms with E-state index in [1.165, 1.54) is 5.56 Å². The van der Waals surface area contributed by atoms with Crippen LogP contribution in [-0.2, 0) is 4.74 Å². The highest BCUT2D eigenvalue weighted by Gasteiger charge is 2.18. The van der Waals surface area contributed by atoms with Gasteiger partial charge in [-0.25, -0.2) is 4.79 Å². The van der Waals surface area contributed by atoms with Crippen molar-refractivity contribution in [3.05, 3.63) is 29.8 Å². The van der Waals surface area contributed by atoms with E-state index in [0.717, 1.165) is 32.0 Å². The van der Waals surface area contributed by atoms with Gasteiger partial charge in [-0.15, -0.1) is 0 Å². The normalized spacial score (nSPS) is 17.0. The molecule has 1 N–H and O–H groups in total. The molecule has 2 amide bonds. The summed E-state index contributed by atoms with van der Waals surface area (Å²) in [7, 11) is 0. The molecule has 2 rings (SSSR count). The van der Waals surface area contributed by atoms with Gasteiger partial charge in [0, 0.05) is 37.9 Å². The van der Waals surface area contributed by atoms with E-state index >= 15 is 0 Å². The van der Waals surface area contributed by atoms with Crippen LogP contribution in [0.4, 0.5) is 10.5 Å². The number of amides is 2. The summed E-state index contributed by atoms with van der Waals surface area (Å²) >= 11 is 0. The molecule has 0 spiro atoms. The van der Waals surface area contributed by atoms with Crippen molar-refractivity contribution in [3.63, 3.8) is 0 Å². The standard InChI is InChI=1S/C17H27N3O2/c1-4-19(5-2)17(21)18-16-8-6-15(7-9-16)14(3)20-10-12-22-13-11-20/h6-9,14H,4-5,10-13H2,1-3H3,(H,18,21). The predicted octanol–water partition coefficient (Wildman–Crippen LogP) is 2.95. The molecule has 5 nitrogen and oxygen atoms in total. The molecule has 1 saturated heterocycles. The van der Waals surface area contributed by atoms with Gasteiger partial charge >= 0.3 is 6.03 Å². The number of anilines is 1. The van der Waals surface area contributed by atoms with Crippen molar-refractivity contribution in [1.29, 1.82) is 0 Å². The highest BCUT2D eigenvalue weighted by Crippen LogP contribution is 2.22. The van der Waals surface area contributed by atoms with Gasteiger partial charge in [-0.3, -0.25) is 4.90 Å². The van der Waals surface area contributed by atoms with E-state index in [2.05, 4.69) is 29.3 Å². The summed E-state index contributed by atoms with van der Waals surface area (Å²) in [5.74, 6) is 0. The molecule has 0 aromatic heterocycles. The Labute approximate surface area is 133 Å². The molecule has 1 unspecified atom stereocenters. The van der Waals surface area contributed by atoms with Gasteiger partial charge < -0.3 is 15.0 Å². The van der Waals surface area contributed by atoms with E-state index in [4.69, 9.17) is 4.74 Å². The molecule has 1 heterocycles. The van der Waals surface area contributed by atoms with E-state index in [9.17, 15) is 4.79 Å². The summed E-state index contributed by atoms with van der Waals surface area (Å²) in [6, 6.07) is 8.48. The lowest BCUT2D eigenvalue weighted by Crippen LogP contribution is -2.38. The quantitative estimate of drug-likeness (QED) is 0.909. The predicted molar refractivity (Wildman–Crippen MR) is 89.2 cm³/mol. The first-order chi connectivity index (χ1) is 10.7. The Morgan fingerprint density at radius 2 is 1.82 bits per heavy atom. The molecule has 1 aromatic rings. The topological polar surface area (TPSA) is 44.8 Å². The van der Waals surface area contributed by atoms with Gasteiger partial charge in [0.05, 0.1) is 13.2 Å². The van der Waals surface area contributed by atoms with E-state index in [1.807, 2.05) is 26.0 Å². The molecule has 0 saturated carbocycles. The van der Waals surface area contributed by atoms with Crippen LogP contribution in [0.5, 0.6) is 0 Å². The van der Waals surface area contributed by atoms with Crippen LogP contribution in [0.3, 0.4) is 0 Å². The van der Waals surface area contributed by atoms with Crippen molar-refractivity contribution in [1.82, 2.24) is 9.80 Å². The molecule has 0 bridgehead atoms. The van der Waals surface area contributed by atoms with Crippen LogP contribution in [0.25, 0.3) is 0 Å². The van der Waals surface area contributed by atoms with Crippen molar-refractivity contribution in [2.24, 2.45) is 0 Å². The summed E-state index contributed by atoms with van der Waals surface area (Å²) in [5, 5.41) is 2.94. The number of benzene rings is 1. The molecule has 1 atom stereocenters. The second kappa shape index (κ2) is 8.15. The number of nitrogens with one attached hydrogen (secondary N) is 1. The van der Waals surface area contributed by atoms with Gasteiger partial charge in [0.25, 0.3) is 0 Å². The zero-order chi connectivity index (χ0) is 15.9. The van der Waals surface area contributed by atoms with Gasteiger partial charge in [-0.05, 0) is 38.5 Å². The maximum atomic E-state index is 12.0. The second-order valence-corrected chi connectivity index (χ2v) is 5.55. The summed E-state index contributed by atoms with van der Waals surface area (Å²) in [5.41, 5.74) is 2.11. The third-order valence-electron chi connectivity index (χ3n) is 4.29. The monoisotopic (exact) mass is 305 g/mol. The molecule has 0 aliphatic carbocycles. The van der Waals surface area contributed by atoms with Gasteiger partial charge in [0.15, 0.2) is 0 Å². The van der Waals surface area contributed by atoms with Crippen LogP contribution in [-0.4, -0.2) is 55.2 Å². The Morgan fingerprint density at radius 3 is 2.36 bits per heavy atom. The van der Waals surface area contributed by atoms with Crippen molar-refractivity contribution < 1.29 is 9.53 Å². The van der Waals surface area contributed by atoms with E-state index in [0.29, 0.717) is 19.1 Å². The van der Waals surface area contributed by atoms with Crippen LogP contribution in [0.2, 0.25) is 0 Å². The van der Waals surface area contributed by atoms with Crippen molar-refractivity contribution in [3.8, 4) is 0 Å². The van der Waals surface area contributed by atoms with E-state index in [1.54, 1.807) is 4.90 Å². The minimum absolute atomic E-state index is 0.0426. The fourth-order valence-electron chi connectivity index (χ4n) is 2.73. The van der Waals surface area contributed by atoms with E-state index < -0.39 is 0 Å². The second-order valence-electron chi connectivity index (χ2n) is 5.55. The lowest BCUT2D eigenvalue weighted by molar-refractivity contribution is 0.0198. The summed E-state index contributed by atoms with van der Waals surface area (Å²) in [6.45, 7) is 11.2. The molecule has 1 aliphatic heterocycles. The van der Waals surface area contributed by atoms with Crippen LogP contribution in [0.1, 0.15) is 32.4 Å². The van der Waals surface area contributed by atoms with Crippen LogP contribution in [0, 0.1) is 0 Å². The number of carbonyl (C=O) groups excluding carboxylic acids is 1. The number of hydrogen-bond acceptors (Lipinski definition) is 3. The third kappa shape index (κ3) is 4.21. The van der Waals surface area contributed by atoms with E-state index in [-0.39, 0.29) is 6.03 Å². The van der Waals surface area contributed by atoms with Crippen LogP contribution < -0.4 is 5.32 Å². The SMILES string of the molecule is CCN(CC)C(=O)Nc1ccc(C(C)N2CCOCC2)cc1. The Morgan fingerprint density at radius 1 is 1.23 bits per heavy atom. The molecule has 1 aromatic carbocycles. The van der Waals surface area contributed by atoms with Gasteiger partial charge in [0.1, 0.15) is 0 Å². The number of nitrogens with zero attached hydrogens (tertiary/aromatic N) is 2. The van der Waals surface area contributed by atoms with Crippen LogP contribution >= 0.6 is 0 Å². The average Bonchev–Trinajstić information content (AvgIpc) is 2.57. The average molecular weight is 305 g/mol. The Hall–Kier alpha value is -1.59. The fraction of sp³-hybridized carbons (Fsp3) is 0.588. The van der Waals surface area contributed by atoms with Gasteiger partial charge in [-0.1, -0.05) is 12.1 Å². The number of hydrogen-bond donors (Lipinski definition) is 1. The maximum Gasteiger partial charge on any atom is 0.321 e. The molecule has 1 fully saturated rings. The molecule has 1 aliphatic rings. The molecule has 122 valence electrons. The summed E-state index contributed by atoms with van der Waals surface area (Å²) in [6.07, 6.45) is 0. The number of rotatable bonds is 5. The Bertz CT molecular complexity index is 465. The fourth-order valence-corrected chi connectivity index (χ4v) is 2.73. The molecule has 0 radical (unpaired) electrons. The number of carbonyl (C=O) groups is 1. The lowest BCUT2D eigenvalue weighted by Gasteiger charge is -2.32. The molecule has 22 heavy (non-hydrogen) atoms. The van der Waals surface area contributed by atoms with Gasteiger partial charge in [0.2, 0.25) is 0 Å². The number of morpholine rings is 1. The highest BCUT2D eigenvalue weighted by atomic mass is 16.5. The molecular weight excluding hydrogens is 278 g/mol. The lowest BCUT2D eigenvalue weighted by atomic mass is 10.1. The first kappa shape index (κ1) is 16.8. The smallest absolute Gasteiger partial charge is 0.321 e. The zero-order valence-corrected chi connectivity index (χ0v) is 13.8. The Kier molecular flexibility index (Phi) is 6.21. The van der Waals surface area contributed by atoms with Gasteiger partial charge in [-0.2, -0.15) is 0 Å². The Balaban J connectivity index is 1.96. The van der Waals surface area contributed by atoms with Crippen molar-refractivity contribution >= 4 is 11.7 Å². The molecule has 5 heteroatoms. The first-order valence-corrected chi connectivity index (χ1v) is 8.13. The van der Waals surface area contributed by atoms with Crippen LogP contribution in [0.15, 0.2) is 24.3 Å².